The lowest BCUT2D eigenvalue weighted by molar-refractivity contribution is 0.0526. The normalized spacial score (nSPS) is 9.86. The molecular weight excluding hydrogens is 178 g/mol. The van der Waals surface area contributed by atoms with Crippen molar-refractivity contribution >= 4 is 11.7 Å². The Morgan fingerprint density at radius 3 is 2.71 bits per heavy atom. The van der Waals surface area contributed by atoms with Crippen molar-refractivity contribution in [2.75, 3.05) is 12.3 Å². The molecule has 14 heavy (non-hydrogen) atoms. The lowest BCUT2D eigenvalue weighted by Gasteiger charge is -2.06. The van der Waals surface area contributed by atoms with Crippen molar-refractivity contribution in [2.24, 2.45) is 0 Å². The van der Waals surface area contributed by atoms with Crippen LogP contribution in [0.1, 0.15) is 29.8 Å². The van der Waals surface area contributed by atoms with E-state index in [2.05, 4.69) is 0 Å². The Labute approximate surface area is 83.9 Å². The average Bonchev–Trinajstić information content (AvgIpc) is 2.19. The van der Waals surface area contributed by atoms with Gasteiger partial charge in [-0.2, -0.15) is 0 Å². The van der Waals surface area contributed by atoms with Gasteiger partial charge < -0.3 is 10.5 Å². The average molecular weight is 193 g/mol. The molecule has 0 aromatic heterocycles. The van der Waals surface area contributed by atoms with Gasteiger partial charge >= 0.3 is 5.97 Å². The number of hydrogen-bond acceptors (Lipinski definition) is 3. The summed E-state index contributed by atoms with van der Waals surface area (Å²) in [5.74, 6) is -0.290. The van der Waals surface area contributed by atoms with E-state index >= 15 is 0 Å². The monoisotopic (exact) mass is 193 g/mol. The van der Waals surface area contributed by atoms with Crippen LogP contribution in [0, 0.1) is 0 Å². The Bertz CT molecular complexity index is 334. The van der Waals surface area contributed by atoms with Gasteiger partial charge in [0, 0.05) is 5.69 Å². The second-order valence-electron chi connectivity index (χ2n) is 2.99. The molecule has 0 heterocycles. The predicted molar refractivity (Wildman–Crippen MR) is 56.2 cm³/mol. The molecule has 0 unspecified atom stereocenters. The van der Waals surface area contributed by atoms with Gasteiger partial charge in [-0.3, -0.25) is 0 Å². The van der Waals surface area contributed by atoms with E-state index < -0.39 is 0 Å². The van der Waals surface area contributed by atoms with Gasteiger partial charge in [-0.1, -0.05) is 6.92 Å². The van der Waals surface area contributed by atoms with Crippen LogP contribution in [0.25, 0.3) is 0 Å². The maximum atomic E-state index is 11.4. The van der Waals surface area contributed by atoms with E-state index in [1.54, 1.807) is 25.1 Å². The van der Waals surface area contributed by atoms with Crippen LogP contribution in [-0.4, -0.2) is 12.6 Å². The lowest BCUT2D eigenvalue weighted by atomic mass is 10.1. The number of nitrogen functional groups attached to an aromatic ring is 1. The molecule has 3 heteroatoms. The second-order valence-corrected chi connectivity index (χ2v) is 2.99. The topological polar surface area (TPSA) is 52.3 Å². The summed E-state index contributed by atoms with van der Waals surface area (Å²) in [6.07, 6.45) is 0.819. The molecule has 76 valence electrons. The highest BCUT2D eigenvalue weighted by Gasteiger charge is 2.07. The Hall–Kier alpha value is -1.51. The number of esters is 1. The zero-order chi connectivity index (χ0) is 10.6. The van der Waals surface area contributed by atoms with Crippen molar-refractivity contribution in [3.63, 3.8) is 0 Å². The van der Waals surface area contributed by atoms with E-state index in [0.29, 0.717) is 12.2 Å². The third kappa shape index (κ3) is 2.25. The Morgan fingerprint density at radius 1 is 1.43 bits per heavy atom. The minimum absolute atomic E-state index is 0.290. The van der Waals surface area contributed by atoms with Crippen molar-refractivity contribution in [1.82, 2.24) is 0 Å². The van der Waals surface area contributed by atoms with Crippen LogP contribution in [0.15, 0.2) is 18.2 Å². The SMILES string of the molecule is CCOC(=O)c1ccc(N)c(CC)c1. The quantitative estimate of drug-likeness (QED) is 0.590. The first kappa shape index (κ1) is 10.6. The predicted octanol–water partition coefficient (Wildman–Crippen LogP) is 2.01. The van der Waals surface area contributed by atoms with E-state index in [-0.39, 0.29) is 5.97 Å². The van der Waals surface area contributed by atoms with Crippen LogP contribution >= 0.6 is 0 Å². The summed E-state index contributed by atoms with van der Waals surface area (Å²) < 4.78 is 4.89. The first-order valence-corrected chi connectivity index (χ1v) is 4.74. The highest BCUT2D eigenvalue weighted by atomic mass is 16.5. The van der Waals surface area contributed by atoms with E-state index in [0.717, 1.165) is 17.7 Å². The Morgan fingerprint density at radius 2 is 2.14 bits per heavy atom. The molecule has 0 amide bonds. The molecule has 0 saturated carbocycles. The van der Waals surface area contributed by atoms with E-state index in [9.17, 15) is 4.79 Å². The fraction of sp³-hybridized carbons (Fsp3) is 0.364. The van der Waals surface area contributed by atoms with Crippen LogP contribution in [0.4, 0.5) is 5.69 Å². The number of ether oxygens (including phenoxy) is 1. The Kier molecular flexibility index (Phi) is 3.51. The van der Waals surface area contributed by atoms with Crippen molar-refractivity contribution < 1.29 is 9.53 Å². The number of hydrogen-bond donors (Lipinski definition) is 1. The van der Waals surface area contributed by atoms with Crippen LogP contribution < -0.4 is 5.73 Å². The molecule has 0 saturated heterocycles. The molecule has 2 N–H and O–H groups in total. The van der Waals surface area contributed by atoms with E-state index in [1.807, 2.05) is 6.92 Å². The standard InChI is InChI=1S/C11H15NO2/c1-3-8-7-9(5-6-10(8)12)11(13)14-4-2/h5-7H,3-4,12H2,1-2H3. The number of anilines is 1. The van der Waals surface area contributed by atoms with Crippen LogP contribution in [0.3, 0.4) is 0 Å². The van der Waals surface area contributed by atoms with Crippen LogP contribution in [0.5, 0.6) is 0 Å². The molecule has 1 aromatic rings. The molecular formula is C11H15NO2. The van der Waals surface area contributed by atoms with Gasteiger partial charge in [0.15, 0.2) is 0 Å². The smallest absolute Gasteiger partial charge is 0.338 e. The summed E-state index contributed by atoms with van der Waals surface area (Å²) in [6.45, 7) is 4.18. The van der Waals surface area contributed by atoms with Gasteiger partial charge in [-0.05, 0) is 37.1 Å². The molecule has 1 aromatic carbocycles. The van der Waals surface area contributed by atoms with E-state index in [1.165, 1.54) is 0 Å². The third-order valence-corrected chi connectivity index (χ3v) is 2.04. The highest BCUT2D eigenvalue weighted by molar-refractivity contribution is 5.90. The molecule has 0 fully saturated rings. The third-order valence-electron chi connectivity index (χ3n) is 2.04. The largest absolute Gasteiger partial charge is 0.462 e. The van der Waals surface area contributed by atoms with Crippen LogP contribution in [0.2, 0.25) is 0 Å². The number of carbonyl (C=O) groups is 1. The molecule has 0 atom stereocenters. The fourth-order valence-corrected chi connectivity index (χ4v) is 1.25. The van der Waals surface area contributed by atoms with Gasteiger partial charge in [0.25, 0.3) is 0 Å². The molecule has 3 nitrogen and oxygen atoms in total. The van der Waals surface area contributed by atoms with Crippen LogP contribution in [-0.2, 0) is 11.2 Å². The molecule has 1 rings (SSSR count). The highest BCUT2D eigenvalue weighted by Crippen LogP contribution is 2.15. The molecule has 0 aliphatic rings. The molecule has 0 aliphatic carbocycles. The zero-order valence-corrected chi connectivity index (χ0v) is 8.54. The molecule has 0 radical (unpaired) electrons. The summed E-state index contributed by atoms with van der Waals surface area (Å²) >= 11 is 0. The van der Waals surface area contributed by atoms with Crippen molar-refractivity contribution in [3.05, 3.63) is 29.3 Å². The molecule has 0 aliphatic heterocycles. The minimum Gasteiger partial charge on any atom is -0.462 e. The number of rotatable bonds is 3. The van der Waals surface area contributed by atoms with Gasteiger partial charge in [0.1, 0.15) is 0 Å². The fourth-order valence-electron chi connectivity index (χ4n) is 1.25. The van der Waals surface area contributed by atoms with E-state index in [4.69, 9.17) is 10.5 Å². The van der Waals surface area contributed by atoms with Gasteiger partial charge in [0.2, 0.25) is 0 Å². The summed E-state index contributed by atoms with van der Waals surface area (Å²) in [5, 5.41) is 0. The van der Waals surface area contributed by atoms with Crippen molar-refractivity contribution in [1.29, 1.82) is 0 Å². The molecule has 0 bridgehead atoms. The summed E-state index contributed by atoms with van der Waals surface area (Å²) in [7, 11) is 0. The Balaban J connectivity index is 2.94. The molecule has 0 spiro atoms. The van der Waals surface area contributed by atoms with Crippen molar-refractivity contribution in [2.45, 2.75) is 20.3 Å². The maximum Gasteiger partial charge on any atom is 0.338 e. The minimum atomic E-state index is -0.290. The van der Waals surface area contributed by atoms with Gasteiger partial charge in [-0.15, -0.1) is 0 Å². The van der Waals surface area contributed by atoms with Gasteiger partial charge in [0.05, 0.1) is 12.2 Å². The lowest BCUT2D eigenvalue weighted by Crippen LogP contribution is -2.06. The van der Waals surface area contributed by atoms with Crippen molar-refractivity contribution in [3.8, 4) is 0 Å². The number of aryl methyl sites for hydroxylation is 1. The number of benzene rings is 1. The van der Waals surface area contributed by atoms with Gasteiger partial charge in [-0.25, -0.2) is 4.79 Å². The summed E-state index contributed by atoms with van der Waals surface area (Å²) in [6, 6.07) is 5.21. The number of carbonyl (C=O) groups excluding carboxylic acids is 1. The number of nitrogens with two attached hydrogens (primary N) is 1. The first-order chi connectivity index (χ1) is 6.69. The summed E-state index contributed by atoms with van der Waals surface area (Å²) in [4.78, 5) is 11.4. The second kappa shape index (κ2) is 4.65. The zero-order valence-electron chi connectivity index (χ0n) is 8.54. The first-order valence-electron chi connectivity index (χ1n) is 4.74. The summed E-state index contributed by atoms with van der Waals surface area (Å²) in [5.41, 5.74) is 7.99. The maximum absolute atomic E-state index is 11.4.